The van der Waals surface area contributed by atoms with Crippen LogP contribution in [0.3, 0.4) is 0 Å². The predicted octanol–water partition coefficient (Wildman–Crippen LogP) is 1.77. The van der Waals surface area contributed by atoms with Gasteiger partial charge in [0.2, 0.25) is 0 Å². The summed E-state index contributed by atoms with van der Waals surface area (Å²) in [5.41, 5.74) is 5.92. The molecule has 0 aliphatic heterocycles. The Balaban J connectivity index is 2.09. The second kappa shape index (κ2) is 2.23. The van der Waals surface area contributed by atoms with Crippen LogP contribution in [0.25, 0.3) is 0 Å². The van der Waals surface area contributed by atoms with Crippen molar-refractivity contribution in [1.29, 1.82) is 0 Å². The number of hydrogen-bond donors (Lipinski definition) is 1. The topological polar surface area (TPSA) is 26.0 Å². The van der Waals surface area contributed by atoms with Gasteiger partial charge in [-0.2, -0.15) is 0 Å². The molecular formula is C9H17N. The fourth-order valence-electron chi connectivity index (χ4n) is 3.16. The molecule has 0 spiro atoms. The molecule has 0 unspecified atom stereocenters. The van der Waals surface area contributed by atoms with Crippen LogP contribution in [0.5, 0.6) is 0 Å². The average Bonchev–Trinajstić information content (AvgIpc) is 2.43. The Hall–Kier alpha value is -0.0400. The third-order valence-electron chi connectivity index (χ3n) is 3.51. The lowest BCUT2D eigenvalue weighted by Crippen LogP contribution is -2.29. The zero-order chi connectivity index (χ0) is 7.14. The van der Waals surface area contributed by atoms with Crippen molar-refractivity contribution in [3.63, 3.8) is 0 Å². The SMILES string of the molecule is C[C@H](N)C1C2CCC1CC2. The molecule has 0 aromatic heterocycles. The van der Waals surface area contributed by atoms with Crippen LogP contribution in [0.15, 0.2) is 0 Å². The van der Waals surface area contributed by atoms with Gasteiger partial charge in [0.15, 0.2) is 0 Å². The lowest BCUT2D eigenvalue weighted by atomic mass is 9.91. The summed E-state index contributed by atoms with van der Waals surface area (Å²) >= 11 is 0. The molecule has 58 valence electrons. The Morgan fingerprint density at radius 2 is 1.50 bits per heavy atom. The largest absolute Gasteiger partial charge is 0.328 e. The molecule has 2 aliphatic carbocycles. The van der Waals surface area contributed by atoms with E-state index in [4.69, 9.17) is 5.73 Å². The normalized spacial score (nSPS) is 48.0. The molecular weight excluding hydrogens is 122 g/mol. The van der Waals surface area contributed by atoms with Crippen molar-refractivity contribution < 1.29 is 0 Å². The third kappa shape index (κ3) is 0.800. The minimum absolute atomic E-state index is 0.458. The van der Waals surface area contributed by atoms with Gasteiger partial charge in [0.1, 0.15) is 0 Å². The Labute approximate surface area is 63.0 Å². The summed E-state index contributed by atoms with van der Waals surface area (Å²) in [5.74, 6) is 2.90. The van der Waals surface area contributed by atoms with Gasteiger partial charge >= 0.3 is 0 Å². The van der Waals surface area contributed by atoms with E-state index in [-0.39, 0.29) is 0 Å². The van der Waals surface area contributed by atoms with Crippen molar-refractivity contribution in [2.75, 3.05) is 0 Å². The highest BCUT2D eigenvalue weighted by molar-refractivity contribution is 4.94. The zero-order valence-electron chi connectivity index (χ0n) is 6.72. The first-order valence-corrected chi connectivity index (χ1v) is 4.54. The lowest BCUT2D eigenvalue weighted by Gasteiger charge is -2.19. The molecule has 0 saturated heterocycles. The minimum atomic E-state index is 0.458. The summed E-state index contributed by atoms with van der Waals surface area (Å²) in [4.78, 5) is 0. The van der Waals surface area contributed by atoms with Crippen LogP contribution < -0.4 is 5.73 Å². The average molecular weight is 139 g/mol. The monoisotopic (exact) mass is 139 g/mol. The second-order valence-electron chi connectivity index (χ2n) is 4.11. The Bertz CT molecular complexity index is 111. The maximum absolute atomic E-state index is 5.92. The number of hydrogen-bond acceptors (Lipinski definition) is 1. The van der Waals surface area contributed by atoms with E-state index in [1.54, 1.807) is 0 Å². The molecule has 10 heavy (non-hydrogen) atoms. The van der Waals surface area contributed by atoms with Crippen LogP contribution in [-0.2, 0) is 0 Å². The number of fused-ring (bicyclic) bond motifs is 2. The summed E-state index contributed by atoms with van der Waals surface area (Å²) in [5, 5.41) is 0. The van der Waals surface area contributed by atoms with Crippen molar-refractivity contribution >= 4 is 0 Å². The summed E-state index contributed by atoms with van der Waals surface area (Å²) in [6.45, 7) is 2.18. The summed E-state index contributed by atoms with van der Waals surface area (Å²) in [6, 6.07) is 0.458. The number of rotatable bonds is 1. The maximum atomic E-state index is 5.92. The van der Waals surface area contributed by atoms with E-state index in [2.05, 4.69) is 6.92 Å². The van der Waals surface area contributed by atoms with Crippen LogP contribution >= 0.6 is 0 Å². The molecule has 2 N–H and O–H groups in total. The van der Waals surface area contributed by atoms with Crippen LogP contribution in [0, 0.1) is 17.8 Å². The molecule has 0 heterocycles. The highest BCUT2D eigenvalue weighted by Gasteiger charge is 2.42. The van der Waals surface area contributed by atoms with Gasteiger partial charge < -0.3 is 5.73 Å². The van der Waals surface area contributed by atoms with Crippen molar-refractivity contribution in [1.82, 2.24) is 0 Å². The first kappa shape index (κ1) is 6.66. The Morgan fingerprint density at radius 3 is 1.70 bits per heavy atom. The van der Waals surface area contributed by atoms with Gasteiger partial charge in [-0.1, -0.05) is 0 Å². The molecule has 0 aromatic carbocycles. The lowest BCUT2D eigenvalue weighted by molar-refractivity contribution is 0.346. The standard InChI is InChI=1S/C9H17N/c1-6(10)9-7-2-3-8(9)5-4-7/h6-9H,2-5,10H2,1H3/t6-,7?,8?,9?/m0/s1. The third-order valence-corrected chi connectivity index (χ3v) is 3.51. The fourth-order valence-corrected chi connectivity index (χ4v) is 3.16. The molecule has 1 nitrogen and oxygen atoms in total. The Morgan fingerprint density at radius 1 is 1.10 bits per heavy atom. The molecule has 2 bridgehead atoms. The van der Waals surface area contributed by atoms with E-state index in [0.29, 0.717) is 6.04 Å². The Kier molecular flexibility index (Phi) is 1.48. The highest BCUT2D eigenvalue weighted by Crippen LogP contribution is 2.50. The summed E-state index contributed by atoms with van der Waals surface area (Å²) in [6.07, 6.45) is 5.88. The molecule has 0 aromatic rings. The van der Waals surface area contributed by atoms with Crippen molar-refractivity contribution in [2.45, 2.75) is 38.6 Å². The van der Waals surface area contributed by atoms with Gasteiger partial charge in [-0.3, -0.25) is 0 Å². The van der Waals surface area contributed by atoms with Gasteiger partial charge in [0.25, 0.3) is 0 Å². The quantitative estimate of drug-likeness (QED) is 0.588. The highest BCUT2D eigenvalue weighted by atomic mass is 14.7. The fraction of sp³-hybridized carbons (Fsp3) is 1.00. The van der Waals surface area contributed by atoms with Crippen molar-refractivity contribution in [3.8, 4) is 0 Å². The predicted molar refractivity (Wildman–Crippen MR) is 42.6 cm³/mol. The zero-order valence-corrected chi connectivity index (χ0v) is 6.72. The summed E-state index contributed by atoms with van der Waals surface area (Å²) in [7, 11) is 0. The molecule has 0 radical (unpaired) electrons. The van der Waals surface area contributed by atoms with Gasteiger partial charge in [0, 0.05) is 6.04 Å². The van der Waals surface area contributed by atoms with Gasteiger partial charge in [-0.05, 0) is 50.4 Å². The molecule has 2 aliphatic rings. The van der Waals surface area contributed by atoms with Gasteiger partial charge in [-0.15, -0.1) is 0 Å². The smallest absolute Gasteiger partial charge is 0.00440 e. The molecule has 0 amide bonds. The van der Waals surface area contributed by atoms with E-state index in [9.17, 15) is 0 Å². The van der Waals surface area contributed by atoms with Crippen molar-refractivity contribution in [3.05, 3.63) is 0 Å². The van der Waals surface area contributed by atoms with Crippen molar-refractivity contribution in [2.24, 2.45) is 23.5 Å². The van der Waals surface area contributed by atoms with E-state index < -0.39 is 0 Å². The van der Waals surface area contributed by atoms with Crippen LogP contribution in [0.1, 0.15) is 32.6 Å². The van der Waals surface area contributed by atoms with Gasteiger partial charge in [-0.25, -0.2) is 0 Å². The molecule has 1 atom stereocenters. The van der Waals surface area contributed by atoms with Gasteiger partial charge in [0.05, 0.1) is 0 Å². The second-order valence-corrected chi connectivity index (χ2v) is 4.11. The molecule has 1 heteroatoms. The molecule has 2 saturated carbocycles. The summed E-state index contributed by atoms with van der Waals surface area (Å²) < 4.78 is 0. The van der Waals surface area contributed by atoms with E-state index in [0.717, 1.165) is 17.8 Å². The molecule has 2 rings (SSSR count). The van der Waals surface area contributed by atoms with Crippen LogP contribution in [-0.4, -0.2) is 6.04 Å². The van der Waals surface area contributed by atoms with E-state index in [1.807, 2.05) is 0 Å². The maximum Gasteiger partial charge on any atom is 0.00440 e. The van der Waals surface area contributed by atoms with E-state index >= 15 is 0 Å². The first-order valence-electron chi connectivity index (χ1n) is 4.54. The molecule has 2 fully saturated rings. The number of nitrogens with two attached hydrogens (primary N) is 1. The van der Waals surface area contributed by atoms with E-state index in [1.165, 1.54) is 25.7 Å². The van der Waals surface area contributed by atoms with Crippen LogP contribution in [0.4, 0.5) is 0 Å². The van der Waals surface area contributed by atoms with Crippen LogP contribution in [0.2, 0.25) is 0 Å². The first-order chi connectivity index (χ1) is 4.79. The minimum Gasteiger partial charge on any atom is -0.328 e.